The summed E-state index contributed by atoms with van der Waals surface area (Å²) in [6.45, 7) is 1.76. The maximum Gasteiger partial charge on any atom is 0.337 e. The fraction of sp³-hybridized carbons (Fsp3) is 0.310. The molecule has 1 saturated carbocycles. The van der Waals surface area contributed by atoms with Gasteiger partial charge in [-0.2, -0.15) is 0 Å². The number of carboxylic acid groups (broad SMARTS) is 1. The SMILES string of the molecule is CO[C@@H]1CCCC[C@H]1Oc1ccc(Oc2ccc(CC(=O)Nc3c(C)cccc3C(=O)O)cc2)cc1. The fourth-order valence-corrected chi connectivity index (χ4v) is 4.42. The van der Waals surface area contributed by atoms with Gasteiger partial charge < -0.3 is 24.6 Å². The van der Waals surface area contributed by atoms with E-state index in [-0.39, 0.29) is 30.1 Å². The molecule has 4 rings (SSSR count). The van der Waals surface area contributed by atoms with Crippen LogP contribution in [0.15, 0.2) is 66.7 Å². The topological polar surface area (TPSA) is 94.1 Å². The molecule has 3 aromatic rings. The third kappa shape index (κ3) is 6.43. The lowest BCUT2D eigenvalue weighted by Crippen LogP contribution is -2.36. The van der Waals surface area contributed by atoms with Gasteiger partial charge in [-0.1, -0.05) is 30.7 Å². The number of aromatic carboxylic acids is 1. The lowest BCUT2D eigenvalue weighted by Gasteiger charge is -2.30. The Morgan fingerprint density at radius 3 is 2.14 bits per heavy atom. The number of anilines is 1. The number of carbonyl (C=O) groups is 2. The molecule has 0 aromatic heterocycles. The molecular formula is C29H31NO6. The van der Waals surface area contributed by atoms with Crippen LogP contribution in [-0.2, 0) is 16.0 Å². The largest absolute Gasteiger partial charge is 0.488 e. The molecule has 1 amide bonds. The van der Waals surface area contributed by atoms with Crippen LogP contribution >= 0.6 is 0 Å². The average molecular weight is 490 g/mol. The van der Waals surface area contributed by atoms with Crippen LogP contribution in [0.3, 0.4) is 0 Å². The minimum Gasteiger partial charge on any atom is -0.488 e. The summed E-state index contributed by atoms with van der Waals surface area (Å²) in [5.74, 6) is 0.748. The van der Waals surface area contributed by atoms with Gasteiger partial charge in [-0.05, 0) is 79.8 Å². The molecule has 1 fully saturated rings. The highest BCUT2D eigenvalue weighted by Crippen LogP contribution is 2.28. The van der Waals surface area contributed by atoms with Crippen molar-refractivity contribution in [1.29, 1.82) is 0 Å². The van der Waals surface area contributed by atoms with Crippen molar-refractivity contribution in [3.8, 4) is 17.2 Å². The van der Waals surface area contributed by atoms with Crippen LogP contribution < -0.4 is 14.8 Å². The summed E-state index contributed by atoms with van der Waals surface area (Å²) in [7, 11) is 1.74. The number of hydrogen-bond donors (Lipinski definition) is 2. The van der Waals surface area contributed by atoms with Gasteiger partial charge in [-0.15, -0.1) is 0 Å². The first-order valence-corrected chi connectivity index (χ1v) is 12.1. The molecule has 2 atom stereocenters. The van der Waals surface area contributed by atoms with Crippen LogP contribution in [0.1, 0.15) is 47.2 Å². The summed E-state index contributed by atoms with van der Waals surface area (Å²) in [6.07, 6.45) is 4.66. The van der Waals surface area contributed by atoms with Gasteiger partial charge in [0.25, 0.3) is 0 Å². The van der Waals surface area contributed by atoms with Gasteiger partial charge >= 0.3 is 5.97 Å². The standard InChI is InChI=1S/C29H31NO6/c1-19-6-5-7-24(29(32)33)28(19)30-27(31)18-20-10-12-21(13-11-20)35-22-14-16-23(17-15-22)36-26-9-4-3-8-25(26)34-2/h5-7,10-17,25-26H,3-4,8-9,18H2,1-2H3,(H,30,31)(H,32,33)/t25-,26-/m1/s1. The van der Waals surface area contributed by atoms with Crippen molar-refractivity contribution in [2.24, 2.45) is 0 Å². The first kappa shape index (κ1) is 25.3. The summed E-state index contributed by atoms with van der Waals surface area (Å²) in [5.41, 5.74) is 1.87. The van der Waals surface area contributed by atoms with E-state index in [1.54, 1.807) is 38.3 Å². The molecular weight excluding hydrogens is 458 g/mol. The predicted octanol–water partition coefficient (Wildman–Crippen LogP) is 6.00. The van der Waals surface area contributed by atoms with E-state index in [0.29, 0.717) is 22.7 Å². The Kier molecular flexibility index (Phi) is 8.23. The number of aryl methyl sites for hydroxylation is 1. The number of methoxy groups -OCH3 is 1. The molecule has 36 heavy (non-hydrogen) atoms. The zero-order valence-corrected chi connectivity index (χ0v) is 20.5. The molecule has 0 saturated heterocycles. The van der Waals surface area contributed by atoms with Crippen LogP contribution in [0.25, 0.3) is 0 Å². The Morgan fingerprint density at radius 2 is 1.50 bits per heavy atom. The summed E-state index contributed by atoms with van der Waals surface area (Å²) in [6, 6.07) is 19.6. The van der Waals surface area contributed by atoms with Gasteiger partial charge in [0.2, 0.25) is 5.91 Å². The third-order valence-electron chi connectivity index (χ3n) is 6.35. The van der Waals surface area contributed by atoms with Gasteiger partial charge in [0, 0.05) is 7.11 Å². The van der Waals surface area contributed by atoms with E-state index in [9.17, 15) is 14.7 Å². The Balaban J connectivity index is 1.32. The molecule has 7 nitrogen and oxygen atoms in total. The highest BCUT2D eigenvalue weighted by atomic mass is 16.5. The number of para-hydroxylation sites is 1. The molecule has 0 unspecified atom stereocenters. The molecule has 2 N–H and O–H groups in total. The number of ether oxygens (including phenoxy) is 3. The Morgan fingerprint density at radius 1 is 0.889 bits per heavy atom. The minimum absolute atomic E-state index is 0.0702. The van der Waals surface area contributed by atoms with E-state index in [0.717, 1.165) is 30.6 Å². The fourth-order valence-electron chi connectivity index (χ4n) is 4.42. The van der Waals surface area contributed by atoms with Crippen LogP contribution in [0.2, 0.25) is 0 Å². The Labute approximate surface area is 211 Å². The number of nitrogens with one attached hydrogen (secondary N) is 1. The first-order valence-electron chi connectivity index (χ1n) is 12.1. The number of carboxylic acids is 1. The molecule has 0 radical (unpaired) electrons. The van der Waals surface area contributed by atoms with E-state index in [2.05, 4.69) is 5.32 Å². The zero-order valence-electron chi connectivity index (χ0n) is 20.5. The molecule has 0 aliphatic heterocycles. The highest BCUT2D eigenvalue weighted by molar-refractivity contribution is 6.01. The first-order chi connectivity index (χ1) is 17.4. The van der Waals surface area contributed by atoms with Crippen molar-refractivity contribution < 1.29 is 28.9 Å². The quantitative estimate of drug-likeness (QED) is 0.383. The van der Waals surface area contributed by atoms with Gasteiger partial charge in [0.1, 0.15) is 23.4 Å². The molecule has 0 heterocycles. The van der Waals surface area contributed by atoms with E-state index in [1.165, 1.54) is 12.5 Å². The van der Waals surface area contributed by atoms with E-state index >= 15 is 0 Å². The van der Waals surface area contributed by atoms with Crippen molar-refractivity contribution in [2.75, 3.05) is 12.4 Å². The molecule has 188 valence electrons. The lowest BCUT2D eigenvalue weighted by atomic mass is 9.94. The van der Waals surface area contributed by atoms with Gasteiger partial charge in [0.05, 0.1) is 23.8 Å². The molecule has 0 bridgehead atoms. The maximum absolute atomic E-state index is 12.5. The number of rotatable bonds is 9. The van der Waals surface area contributed by atoms with Crippen molar-refractivity contribution in [3.05, 3.63) is 83.4 Å². The molecule has 1 aliphatic carbocycles. The third-order valence-corrected chi connectivity index (χ3v) is 6.35. The molecule has 1 aliphatic rings. The van der Waals surface area contributed by atoms with E-state index in [4.69, 9.17) is 14.2 Å². The maximum atomic E-state index is 12.5. The summed E-state index contributed by atoms with van der Waals surface area (Å²) >= 11 is 0. The second-order valence-electron chi connectivity index (χ2n) is 8.96. The van der Waals surface area contributed by atoms with E-state index < -0.39 is 5.97 Å². The van der Waals surface area contributed by atoms with Gasteiger partial charge in [-0.3, -0.25) is 4.79 Å². The van der Waals surface area contributed by atoms with Crippen LogP contribution in [0.5, 0.6) is 17.2 Å². The number of carbonyl (C=O) groups excluding carboxylic acids is 1. The molecule has 7 heteroatoms. The van der Waals surface area contributed by atoms with Crippen molar-refractivity contribution in [3.63, 3.8) is 0 Å². The normalized spacial score (nSPS) is 17.3. The van der Waals surface area contributed by atoms with Crippen molar-refractivity contribution >= 4 is 17.6 Å². The zero-order chi connectivity index (χ0) is 25.5. The number of amides is 1. The van der Waals surface area contributed by atoms with Crippen molar-refractivity contribution in [2.45, 2.75) is 51.2 Å². The van der Waals surface area contributed by atoms with Crippen LogP contribution in [0, 0.1) is 6.92 Å². The second kappa shape index (κ2) is 11.7. The second-order valence-corrected chi connectivity index (χ2v) is 8.96. The minimum atomic E-state index is -1.08. The van der Waals surface area contributed by atoms with Crippen LogP contribution in [0.4, 0.5) is 5.69 Å². The molecule has 0 spiro atoms. The Hall–Kier alpha value is -3.84. The number of benzene rings is 3. The van der Waals surface area contributed by atoms with Crippen molar-refractivity contribution in [1.82, 2.24) is 0 Å². The average Bonchev–Trinajstić information content (AvgIpc) is 2.88. The van der Waals surface area contributed by atoms with Crippen LogP contribution in [-0.4, -0.2) is 36.3 Å². The Bertz CT molecular complexity index is 1190. The predicted molar refractivity (Wildman–Crippen MR) is 137 cm³/mol. The number of hydrogen-bond acceptors (Lipinski definition) is 5. The smallest absolute Gasteiger partial charge is 0.337 e. The summed E-state index contributed by atoms with van der Waals surface area (Å²) < 4.78 is 17.6. The van der Waals surface area contributed by atoms with Gasteiger partial charge in [0.15, 0.2) is 0 Å². The highest BCUT2D eigenvalue weighted by Gasteiger charge is 2.26. The lowest BCUT2D eigenvalue weighted by molar-refractivity contribution is -0.115. The van der Waals surface area contributed by atoms with E-state index in [1.807, 2.05) is 36.4 Å². The summed E-state index contributed by atoms with van der Waals surface area (Å²) in [4.78, 5) is 24.0. The summed E-state index contributed by atoms with van der Waals surface area (Å²) in [5, 5.41) is 12.1. The van der Waals surface area contributed by atoms with Gasteiger partial charge in [-0.25, -0.2) is 4.79 Å². The molecule has 3 aromatic carbocycles. The monoisotopic (exact) mass is 489 g/mol.